The van der Waals surface area contributed by atoms with Crippen LogP contribution in [0.3, 0.4) is 0 Å². The lowest BCUT2D eigenvalue weighted by Gasteiger charge is -2.45. The molecule has 2 fully saturated rings. The van der Waals surface area contributed by atoms with Gasteiger partial charge in [0.25, 0.3) is 0 Å². The maximum Gasteiger partial charge on any atom is 0.229 e. The molecule has 2 saturated heterocycles. The highest BCUT2D eigenvalue weighted by atomic mass is 16.5. The summed E-state index contributed by atoms with van der Waals surface area (Å²) in [6, 6.07) is 10.2. The number of rotatable bonds is 5. The second-order valence-electron chi connectivity index (χ2n) is 6.41. The van der Waals surface area contributed by atoms with E-state index in [2.05, 4.69) is 32.2 Å². The first-order valence-electron chi connectivity index (χ1n) is 8.45. The van der Waals surface area contributed by atoms with E-state index in [0.717, 1.165) is 12.0 Å². The van der Waals surface area contributed by atoms with E-state index in [1.165, 1.54) is 0 Å². The fraction of sp³-hybridized carbons (Fsp3) is 0.450. The van der Waals surface area contributed by atoms with Crippen LogP contribution < -0.4 is 0 Å². The molecule has 0 aromatic heterocycles. The van der Waals surface area contributed by atoms with Crippen LogP contribution in [-0.2, 0) is 9.53 Å². The first-order chi connectivity index (χ1) is 11.2. The third-order valence-electron chi connectivity index (χ3n) is 5.28. The Morgan fingerprint density at radius 1 is 1.30 bits per heavy atom. The number of allylic oxidation sites excluding steroid dienone is 2. The highest BCUT2D eigenvalue weighted by molar-refractivity contribution is 5.81. The second kappa shape index (κ2) is 6.71. The van der Waals surface area contributed by atoms with Crippen LogP contribution >= 0.6 is 0 Å². The smallest absolute Gasteiger partial charge is 0.229 e. The van der Waals surface area contributed by atoms with Crippen LogP contribution in [-0.4, -0.2) is 23.6 Å². The number of amides is 1. The first kappa shape index (κ1) is 16.0. The maximum absolute atomic E-state index is 13.2. The number of carbonyl (C=O) groups is 1. The number of piperidine rings is 1. The standard InChI is InChI=1S/C20H25NO2/c1-4-10-17-15(5-2)16(6-3)20-21(19(17)22)18(13-23-20)14-11-8-7-9-12-14/h4-5,7-9,11-12,15-18,20H,1-2,6,10,13H2,3H3/t15-,16+,17-,18+,20-/m1/s1. The van der Waals surface area contributed by atoms with Gasteiger partial charge in [0.15, 0.2) is 0 Å². The van der Waals surface area contributed by atoms with E-state index in [4.69, 9.17) is 4.74 Å². The van der Waals surface area contributed by atoms with Crippen molar-refractivity contribution in [3.8, 4) is 0 Å². The average molecular weight is 311 g/mol. The molecule has 5 atom stereocenters. The summed E-state index contributed by atoms with van der Waals surface area (Å²) in [5.74, 6) is 0.556. The summed E-state index contributed by atoms with van der Waals surface area (Å²) in [4.78, 5) is 15.1. The van der Waals surface area contributed by atoms with Gasteiger partial charge in [-0.1, -0.05) is 49.4 Å². The van der Waals surface area contributed by atoms with Gasteiger partial charge in [0.1, 0.15) is 6.23 Å². The predicted molar refractivity (Wildman–Crippen MR) is 91.5 cm³/mol. The molecule has 0 N–H and O–H groups in total. The molecule has 1 aromatic carbocycles. The zero-order valence-electron chi connectivity index (χ0n) is 13.7. The topological polar surface area (TPSA) is 29.5 Å². The summed E-state index contributed by atoms with van der Waals surface area (Å²) >= 11 is 0. The number of carbonyl (C=O) groups excluding carboxylic acids is 1. The fourth-order valence-corrected chi connectivity index (χ4v) is 4.16. The molecule has 3 nitrogen and oxygen atoms in total. The quantitative estimate of drug-likeness (QED) is 0.771. The summed E-state index contributed by atoms with van der Waals surface area (Å²) in [6.07, 6.45) is 5.32. The summed E-state index contributed by atoms with van der Waals surface area (Å²) in [7, 11) is 0. The van der Waals surface area contributed by atoms with E-state index in [0.29, 0.717) is 18.9 Å². The van der Waals surface area contributed by atoms with Crippen molar-refractivity contribution in [2.24, 2.45) is 17.8 Å². The molecular formula is C20H25NO2. The van der Waals surface area contributed by atoms with Gasteiger partial charge in [-0.2, -0.15) is 0 Å². The highest BCUT2D eigenvalue weighted by Crippen LogP contribution is 2.46. The van der Waals surface area contributed by atoms with Crippen LogP contribution in [0.4, 0.5) is 0 Å². The minimum atomic E-state index is -0.137. The molecule has 2 aliphatic heterocycles. The third kappa shape index (κ3) is 2.63. The zero-order valence-corrected chi connectivity index (χ0v) is 13.7. The van der Waals surface area contributed by atoms with Gasteiger partial charge in [-0.15, -0.1) is 13.2 Å². The van der Waals surface area contributed by atoms with Gasteiger partial charge >= 0.3 is 0 Å². The van der Waals surface area contributed by atoms with E-state index in [-0.39, 0.29) is 30.0 Å². The van der Waals surface area contributed by atoms with Crippen molar-refractivity contribution < 1.29 is 9.53 Å². The monoisotopic (exact) mass is 311 g/mol. The van der Waals surface area contributed by atoms with E-state index >= 15 is 0 Å². The Hall–Kier alpha value is -1.87. The Balaban J connectivity index is 1.97. The highest BCUT2D eigenvalue weighted by Gasteiger charge is 2.52. The Morgan fingerprint density at radius 2 is 2.04 bits per heavy atom. The van der Waals surface area contributed by atoms with Crippen molar-refractivity contribution in [1.29, 1.82) is 0 Å². The third-order valence-corrected chi connectivity index (χ3v) is 5.28. The average Bonchev–Trinajstić information content (AvgIpc) is 3.03. The van der Waals surface area contributed by atoms with Gasteiger partial charge in [0.05, 0.1) is 12.6 Å². The Morgan fingerprint density at radius 3 is 2.65 bits per heavy atom. The number of hydrogen-bond acceptors (Lipinski definition) is 2. The normalized spacial score (nSPS) is 33.3. The predicted octanol–water partition coefficient (Wildman–Crippen LogP) is 3.95. The van der Waals surface area contributed by atoms with Crippen LogP contribution in [0.2, 0.25) is 0 Å². The molecule has 122 valence electrons. The van der Waals surface area contributed by atoms with Crippen LogP contribution in [0.25, 0.3) is 0 Å². The first-order valence-corrected chi connectivity index (χ1v) is 8.45. The van der Waals surface area contributed by atoms with Crippen molar-refractivity contribution in [2.75, 3.05) is 6.61 Å². The van der Waals surface area contributed by atoms with Crippen LogP contribution in [0, 0.1) is 17.8 Å². The fourth-order valence-electron chi connectivity index (χ4n) is 4.16. The molecule has 3 heteroatoms. The molecule has 1 aromatic rings. The van der Waals surface area contributed by atoms with Gasteiger partial charge in [0, 0.05) is 11.8 Å². The molecule has 2 heterocycles. The molecule has 0 unspecified atom stereocenters. The summed E-state index contributed by atoms with van der Waals surface area (Å²) in [6.45, 7) is 10.6. The van der Waals surface area contributed by atoms with E-state index in [1.54, 1.807) is 0 Å². The second-order valence-corrected chi connectivity index (χ2v) is 6.41. The van der Waals surface area contributed by atoms with Gasteiger partial charge in [-0.3, -0.25) is 4.79 Å². The summed E-state index contributed by atoms with van der Waals surface area (Å²) < 4.78 is 6.09. The zero-order chi connectivity index (χ0) is 16.4. The molecule has 0 bridgehead atoms. The van der Waals surface area contributed by atoms with Crippen LogP contribution in [0.1, 0.15) is 31.4 Å². The summed E-state index contributed by atoms with van der Waals surface area (Å²) in [5, 5.41) is 0. The van der Waals surface area contributed by atoms with Gasteiger partial charge in [0.2, 0.25) is 5.91 Å². The van der Waals surface area contributed by atoms with Crippen molar-refractivity contribution in [3.05, 3.63) is 61.2 Å². The molecule has 0 saturated carbocycles. The lowest BCUT2D eigenvalue weighted by Crippen LogP contribution is -2.54. The van der Waals surface area contributed by atoms with Crippen LogP contribution in [0.15, 0.2) is 55.6 Å². The Bertz CT molecular complexity index is 583. The molecule has 23 heavy (non-hydrogen) atoms. The summed E-state index contributed by atoms with van der Waals surface area (Å²) in [5.41, 5.74) is 1.15. The lowest BCUT2D eigenvalue weighted by atomic mass is 9.73. The van der Waals surface area contributed by atoms with Crippen molar-refractivity contribution in [2.45, 2.75) is 32.0 Å². The van der Waals surface area contributed by atoms with Crippen molar-refractivity contribution in [1.82, 2.24) is 4.90 Å². The van der Waals surface area contributed by atoms with Crippen molar-refractivity contribution >= 4 is 5.91 Å². The van der Waals surface area contributed by atoms with Crippen molar-refractivity contribution in [3.63, 3.8) is 0 Å². The number of benzene rings is 1. The Labute approximate surface area is 138 Å². The van der Waals surface area contributed by atoms with E-state index < -0.39 is 0 Å². The van der Waals surface area contributed by atoms with Gasteiger partial charge in [-0.05, 0) is 24.3 Å². The maximum atomic E-state index is 13.2. The number of fused-ring (bicyclic) bond motifs is 1. The number of hydrogen-bond donors (Lipinski definition) is 0. The minimum Gasteiger partial charge on any atom is -0.355 e. The van der Waals surface area contributed by atoms with Crippen LogP contribution in [0.5, 0.6) is 0 Å². The molecule has 3 rings (SSSR count). The SMILES string of the molecule is C=CC[C@H]1C(=O)N2[C@H](OC[C@H]2c2ccccc2)[C@@H](CC)[C@H]1C=C. The Kier molecular flexibility index (Phi) is 4.67. The number of ether oxygens (including phenoxy) is 1. The molecule has 2 aliphatic rings. The lowest BCUT2D eigenvalue weighted by molar-refractivity contribution is -0.159. The minimum absolute atomic E-state index is 0.0147. The largest absolute Gasteiger partial charge is 0.355 e. The van der Waals surface area contributed by atoms with E-state index in [1.807, 2.05) is 35.3 Å². The molecule has 0 aliphatic carbocycles. The molecule has 1 amide bonds. The van der Waals surface area contributed by atoms with Gasteiger partial charge < -0.3 is 9.64 Å². The molecular weight excluding hydrogens is 286 g/mol. The van der Waals surface area contributed by atoms with Gasteiger partial charge in [-0.25, -0.2) is 0 Å². The molecule has 0 radical (unpaired) electrons. The molecule has 0 spiro atoms. The van der Waals surface area contributed by atoms with E-state index in [9.17, 15) is 4.79 Å². The number of nitrogens with zero attached hydrogens (tertiary/aromatic N) is 1.